The van der Waals surface area contributed by atoms with E-state index >= 15 is 0 Å². The number of nitrogen functional groups attached to an aromatic ring is 1. The van der Waals surface area contributed by atoms with Gasteiger partial charge < -0.3 is 11.1 Å². The second-order valence-corrected chi connectivity index (χ2v) is 7.67. The number of thiophene rings is 1. The van der Waals surface area contributed by atoms with E-state index in [2.05, 4.69) is 20.5 Å². The van der Waals surface area contributed by atoms with Gasteiger partial charge in [-0.2, -0.15) is 5.10 Å². The molecule has 146 valence electrons. The maximum atomic E-state index is 13.9. The number of anilines is 1. The number of nitrogens with one attached hydrogen (secondary N) is 1. The van der Waals surface area contributed by atoms with E-state index in [0.717, 1.165) is 27.8 Å². The van der Waals surface area contributed by atoms with Gasteiger partial charge in [0.05, 0.1) is 17.6 Å². The van der Waals surface area contributed by atoms with Crippen LogP contribution < -0.4 is 11.1 Å². The number of benzene rings is 1. The lowest BCUT2D eigenvalue weighted by atomic mass is 10.0. The van der Waals surface area contributed by atoms with Crippen LogP contribution in [0.4, 0.5) is 10.1 Å². The molecule has 1 aromatic carbocycles. The molecule has 4 rings (SSSR count). The summed E-state index contributed by atoms with van der Waals surface area (Å²) in [5, 5.41) is 11.9. The zero-order valence-electron chi connectivity index (χ0n) is 15.9. The van der Waals surface area contributed by atoms with Gasteiger partial charge in [0.1, 0.15) is 15.5 Å². The van der Waals surface area contributed by atoms with E-state index in [1.807, 2.05) is 38.1 Å². The summed E-state index contributed by atoms with van der Waals surface area (Å²) in [6.45, 7) is 4.11. The maximum Gasteiger partial charge on any atom is 0.263 e. The standard InChI is InChI=1S/C21H18FN5OS/c1-11-12(2)26-27-21-17(11)18(23)19(29-21)20(28)25-9-13-3-5-14(6-4-13)15-7-8-24-10-16(15)22/h3-8,10H,9,23H2,1-2H3,(H,25,28). The summed E-state index contributed by atoms with van der Waals surface area (Å²) in [5.41, 5.74) is 10.5. The molecule has 0 aliphatic carbocycles. The second kappa shape index (κ2) is 7.56. The monoisotopic (exact) mass is 407 g/mol. The molecule has 3 N–H and O–H groups in total. The smallest absolute Gasteiger partial charge is 0.263 e. The highest BCUT2D eigenvalue weighted by atomic mass is 32.1. The number of nitrogens with zero attached hydrogens (tertiary/aromatic N) is 3. The Labute approximate surface area is 170 Å². The van der Waals surface area contributed by atoms with Crippen molar-refractivity contribution in [2.45, 2.75) is 20.4 Å². The van der Waals surface area contributed by atoms with Crippen molar-refractivity contribution in [2.75, 3.05) is 5.73 Å². The highest BCUT2D eigenvalue weighted by molar-refractivity contribution is 7.21. The number of aromatic nitrogens is 3. The lowest BCUT2D eigenvalue weighted by molar-refractivity contribution is 0.0956. The maximum absolute atomic E-state index is 13.9. The van der Waals surface area contributed by atoms with E-state index < -0.39 is 0 Å². The third kappa shape index (κ3) is 3.54. The van der Waals surface area contributed by atoms with Gasteiger partial charge in [0.15, 0.2) is 0 Å². The van der Waals surface area contributed by atoms with Crippen molar-refractivity contribution in [2.24, 2.45) is 0 Å². The summed E-state index contributed by atoms with van der Waals surface area (Å²) in [6.07, 6.45) is 2.74. The zero-order valence-corrected chi connectivity index (χ0v) is 16.7. The first-order chi connectivity index (χ1) is 14.0. The van der Waals surface area contributed by atoms with Crippen molar-refractivity contribution >= 4 is 33.1 Å². The molecule has 3 aromatic heterocycles. The number of pyridine rings is 1. The Balaban J connectivity index is 1.50. The molecule has 0 saturated heterocycles. The molecular formula is C21H18FN5OS. The van der Waals surface area contributed by atoms with E-state index in [9.17, 15) is 9.18 Å². The van der Waals surface area contributed by atoms with Crippen LogP contribution >= 0.6 is 11.3 Å². The molecule has 0 aliphatic heterocycles. The molecule has 29 heavy (non-hydrogen) atoms. The molecule has 0 atom stereocenters. The molecule has 6 nitrogen and oxygen atoms in total. The van der Waals surface area contributed by atoms with Gasteiger partial charge in [0, 0.05) is 23.7 Å². The van der Waals surface area contributed by atoms with Crippen molar-refractivity contribution in [3.63, 3.8) is 0 Å². The fraction of sp³-hybridized carbons (Fsp3) is 0.143. The number of halogens is 1. The number of hydrogen-bond acceptors (Lipinski definition) is 6. The van der Waals surface area contributed by atoms with Crippen LogP contribution in [0.1, 0.15) is 26.5 Å². The number of nitrogens with two attached hydrogens (primary N) is 1. The Kier molecular flexibility index (Phi) is 4.94. The first-order valence-electron chi connectivity index (χ1n) is 8.94. The van der Waals surface area contributed by atoms with E-state index in [0.29, 0.717) is 27.5 Å². The van der Waals surface area contributed by atoms with Gasteiger partial charge in [-0.05, 0) is 36.6 Å². The van der Waals surface area contributed by atoms with Crippen LogP contribution in [0, 0.1) is 19.7 Å². The van der Waals surface area contributed by atoms with E-state index in [4.69, 9.17) is 5.73 Å². The third-order valence-corrected chi connectivity index (χ3v) is 5.92. The summed E-state index contributed by atoms with van der Waals surface area (Å²) in [6, 6.07) is 8.96. The van der Waals surface area contributed by atoms with Crippen LogP contribution in [0.15, 0.2) is 42.7 Å². The number of hydrogen-bond donors (Lipinski definition) is 2. The van der Waals surface area contributed by atoms with Crippen LogP contribution in [0.3, 0.4) is 0 Å². The van der Waals surface area contributed by atoms with Crippen LogP contribution in [0.25, 0.3) is 21.3 Å². The largest absolute Gasteiger partial charge is 0.397 e. The fourth-order valence-corrected chi connectivity index (χ4v) is 4.10. The molecule has 0 radical (unpaired) electrons. The van der Waals surface area contributed by atoms with Crippen molar-refractivity contribution < 1.29 is 9.18 Å². The molecule has 0 unspecified atom stereocenters. The first-order valence-corrected chi connectivity index (χ1v) is 9.76. The quantitative estimate of drug-likeness (QED) is 0.533. The molecule has 1 amide bonds. The Hall–Kier alpha value is -3.39. The molecule has 3 heterocycles. The second-order valence-electron chi connectivity index (χ2n) is 6.67. The highest BCUT2D eigenvalue weighted by Gasteiger charge is 2.19. The van der Waals surface area contributed by atoms with E-state index in [1.54, 1.807) is 12.3 Å². The lowest BCUT2D eigenvalue weighted by Gasteiger charge is -2.07. The van der Waals surface area contributed by atoms with Crippen LogP contribution in [0.5, 0.6) is 0 Å². The van der Waals surface area contributed by atoms with Crippen LogP contribution in [-0.4, -0.2) is 21.1 Å². The predicted molar refractivity (Wildman–Crippen MR) is 112 cm³/mol. The fourth-order valence-electron chi connectivity index (χ4n) is 3.08. The van der Waals surface area contributed by atoms with E-state index in [-0.39, 0.29) is 11.7 Å². The molecule has 0 aliphatic rings. The summed E-state index contributed by atoms with van der Waals surface area (Å²) in [7, 11) is 0. The number of aryl methyl sites for hydroxylation is 2. The van der Waals surface area contributed by atoms with Gasteiger partial charge in [0.2, 0.25) is 0 Å². The van der Waals surface area contributed by atoms with E-state index in [1.165, 1.54) is 17.5 Å². The van der Waals surface area contributed by atoms with Crippen molar-refractivity contribution in [3.8, 4) is 11.1 Å². The Bertz CT molecular complexity index is 1220. The van der Waals surface area contributed by atoms with Gasteiger partial charge >= 0.3 is 0 Å². The molecule has 0 bridgehead atoms. The average Bonchev–Trinajstić information content (AvgIpc) is 3.07. The van der Waals surface area contributed by atoms with Crippen molar-refractivity contribution in [3.05, 3.63) is 70.2 Å². The van der Waals surface area contributed by atoms with Crippen molar-refractivity contribution in [1.29, 1.82) is 0 Å². The molecule has 0 saturated carbocycles. The minimum atomic E-state index is -0.373. The summed E-state index contributed by atoms with van der Waals surface area (Å²) in [5.74, 6) is -0.630. The number of carbonyl (C=O) groups is 1. The van der Waals surface area contributed by atoms with Gasteiger partial charge in [0.25, 0.3) is 5.91 Å². The minimum absolute atomic E-state index is 0.258. The highest BCUT2D eigenvalue weighted by Crippen LogP contribution is 2.34. The molecule has 0 fully saturated rings. The Morgan fingerprint density at radius 1 is 1.17 bits per heavy atom. The molecule has 8 heteroatoms. The van der Waals surface area contributed by atoms with Gasteiger partial charge in [-0.1, -0.05) is 24.3 Å². The summed E-state index contributed by atoms with van der Waals surface area (Å²) < 4.78 is 13.9. The van der Waals surface area contributed by atoms with Crippen LogP contribution in [-0.2, 0) is 6.54 Å². The zero-order chi connectivity index (χ0) is 20.5. The Morgan fingerprint density at radius 2 is 1.93 bits per heavy atom. The molecule has 4 aromatic rings. The average molecular weight is 407 g/mol. The number of carbonyl (C=O) groups excluding carboxylic acids is 1. The summed E-state index contributed by atoms with van der Waals surface area (Å²) in [4.78, 5) is 17.5. The van der Waals surface area contributed by atoms with Crippen molar-refractivity contribution in [1.82, 2.24) is 20.5 Å². The molecular weight excluding hydrogens is 389 g/mol. The van der Waals surface area contributed by atoms with Gasteiger partial charge in [-0.15, -0.1) is 16.4 Å². The van der Waals surface area contributed by atoms with Gasteiger partial charge in [-0.3, -0.25) is 9.78 Å². The predicted octanol–water partition coefficient (Wildman–Crippen LogP) is 4.02. The first kappa shape index (κ1) is 18.9. The third-order valence-electron chi connectivity index (χ3n) is 4.83. The summed E-state index contributed by atoms with van der Waals surface area (Å²) >= 11 is 1.23. The lowest BCUT2D eigenvalue weighted by Crippen LogP contribution is -2.22. The van der Waals surface area contributed by atoms with Gasteiger partial charge in [-0.25, -0.2) is 4.39 Å². The minimum Gasteiger partial charge on any atom is -0.397 e. The molecule has 0 spiro atoms. The topological polar surface area (TPSA) is 93.8 Å². The number of rotatable bonds is 4. The number of amides is 1. The SMILES string of the molecule is Cc1nnc2sc(C(=O)NCc3ccc(-c4ccncc4F)cc3)c(N)c2c1C. The number of fused-ring (bicyclic) bond motifs is 1. The normalized spacial score (nSPS) is 11.0. The Morgan fingerprint density at radius 3 is 2.66 bits per heavy atom. The van der Waals surface area contributed by atoms with Crippen LogP contribution in [0.2, 0.25) is 0 Å².